The van der Waals surface area contributed by atoms with Gasteiger partial charge in [-0.2, -0.15) is 0 Å². The first-order chi connectivity index (χ1) is 9.10. The van der Waals surface area contributed by atoms with Crippen molar-refractivity contribution < 1.29 is 4.74 Å². The third-order valence-electron chi connectivity index (χ3n) is 3.62. The third-order valence-corrected chi connectivity index (χ3v) is 3.62. The van der Waals surface area contributed by atoms with E-state index in [4.69, 9.17) is 10.5 Å². The van der Waals surface area contributed by atoms with Gasteiger partial charge in [-0.3, -0.25) is 4.90 Å². The number of hydrogen-bond acceptors (Lipinski definition) is 3. The Labute approximate surface area is 116 Å². The molecule has 1 fully saturated rings. The van der Waals surface area contributed by atoms with Crippen molar-refractivity contribution >= 4 is 0 Å². The molecule has 1 aromatic carbocycles. The molecular formula is C16H26N2O. The molecule has 1 atom stereocenters. The molecule has 3 heteroatoms. The normalized spacial score (nSPS) is 16.9. The second-order valence-electron chi connectivity index (χ2n) is 5.96. The van der Waals surface area contributed by atoms with E-state index in [1.54, 1.807) is 7.11 Å². The van der Waals surface area contributed by atoms with Crippen molar-refractivity contribution in [2.75, 3.05) is 20.2 Å². The number of benzene rings is 1. The van der Waals surface area contributed by atoms with Gasteiger partial charge in [0.2, 0.25) is 0 Å². The summed E-state index contributed by atoms with van der Waals surface area (Å²) in [5.41, 5.74) is 7.52. The standard InChI is InChI=1S/C16H26N2O/c1-12(2)10-18(14-7-8-14)11-16(17)13-5-4-6-15(9-13)19-3/h4-6,9,12,14,16H,7-8,10-11,17H2,1-3H3. The van der Waals surface area contributed by atoms with Crippen LogP contribution in [0.25, 0.3) is 0 Å². The molecule has 0 aromatic heterocycles. The summed E-state index contributed by atoms with van der Waals surface area (Å²) in [5.74, 6) is 1.58. The molecule has 0 spiro atoms. The van der Waals surface area contributed by atoms with E-state index in [-0.39, 0.29) is 6.04 Å². The lowest BCUT2D eigenvalue weighted by atomic mass is 10.1. The molecule has 1 aliphatic rings. The van der Waals surface area contributed by atoms with Gasteiger partial charge < -0.3 is 10.5 Å². The average Bonchev–Trinajstić information content (AvgIpc) is 3.21. The summed E-state index contributed by atoms with van der Waals surface area (Å²) < 4.78 is 5.27. The number of nitrogens with zero attached hydrogens (tertiary/aromatic N) is 1. The zero-order valence-electron chi connectivity index (χ0n) is 12.3. The molecule has 2 rings (SSSR count). The van der Waals surface area contributed by atoms with E-state index in [1.807, 2.05) is 18.2 Å². The molecule has 0 bridgehead atoms. The Bertz CT molecular complexity index is 401. The Hall–Kier alpha value is -1.06. The molecule has 19 heavy (non-hydrogen) atoms. The van der Waals surface area contributed by atoms with Gasteiger partial charge in [-0.1, -0.05) is 26.0 Å². The highest BCUT2D eigenvalue weighted by molar-refractivity contribution is 5.30. The second-order valence-corrected chi connectivity index (χ2v) is 5.96. The van der Waals surface area contributed by atoms with Gasteiger partial charge in [0.05, 0.1) is 7.11 Å². The van der Waals surface area contributed by atoms with Crippen LogP contribution in [0.2, 0.25) is 0 Å². The van der Waals surface area contributed by atoms with Gasteiger partial charge in [-0.25, -0.2) is 0 Å². The fourth-order valence-corrected chi connectivity index (χ4v) is 2.51. The lowest BCUT2D eigenvalue weighted by Gasteiger charge is -2.27. The van der Waals surface area contributed by atoms with Gasteiger partial charge in [-0.05, 0) is 36.5 Å². The van der Waals surface area contributed by atoms with Gasteiger partial charge in [0.1, 0.15) is 5.75 Å². The zero-order valence-corrected chi connectivity index (χ0v) is 12.3. The van der Waals surface area contributed by atoms with Crippen LogP contribution in [0.5, 0.6) is 5.75 Å². The SMILES string of the molecule is COc1cccc(C(N)CN(CC(C)C)C2CC2)c1. The molecule has 2 N–H and O–H groups in total. The van der Waals surface area contributed by atoms with Crippen molar-refractivity contribution in [1.29, 1.82) is 0 Å². The minimum Gasteiger partial charge on any atom is -0.497 e. The van der Waals surface area contributed by atoms with Crippen LogP contribution in [-0.2, 0) is 0 Å². The number of hydrogen-bond donors (Lipinski definition) is 1. The van der Waals surface area contributed by atoms with E-state index in [0.717, 1.165) is 30.4 Å². The van der Waals surface area contributed by atoms with Crippen LogP contribution in [0.4, 0.5) is 0 Å². The highest BCUT2D eigenvalue weighted by Crippen LogP contribution is 2.29. The summed E-state index contributed by atoms with van der Waals surface area (Å²) in [4.78, 5) is 2.55. The molecule has 106 valence electrons. The smallest absolute Gasteiger partial charge is 0.119 e. The minimum atomic E-state index is 0.0643. The molecule has 0 aliphatic heterocycles. The van der Waals surface area contributed by atoms with E-state index in [2.05, 4.69) is 24.8 Å². The number of methoxy groups -OCH3 is 1. The monoisotopic (exact) mass is 262 g/mol. The van der Waals surface area contributed by atoms with Crippen LogP contribution in [-0.4, -0.2) is 31.1 Å². The second kappa shape index (κ2) is 6.40. The highest BCUT2D eigenvalue weighted by atomic mass is 16.5. The largest absolute Gasteiger partial charge is 0.497 e. The summed E-state index contributed by atoms with van der Waals surface area (Å²) in [5, 5.41) is 0. The van der Waals surface area contributed by atoms with Crippen molar-refractivity contribution in [1.82, 2.24) is 4.90 Å². The van der Waals surface area contributed by atoms with E-state index < -0.39 is 0 Å². The number of rotatable bonds is 7. The lowest BCUT2D eigenvalue weighted by molar-refractivity contribution is 0.221. The molecular weight excluding hydrogens is 236 g/mol. The maximum absolute atomic E-state index is 6.36. The van der Waals surface area contributed by atoms with Crippen LogP contribution < -0.4 is 10.5 Å². The minimum absolute atomic E-state index is 0.0643. The molecule has 0 radical (unpaired) electrons. The van der Waals surface area contributed by atoms with Gasteiger partial charge in [0, 0.05) is 25.2 Å². The Morgan fingerprint density at radius 2 is 2.05 bits per heavy atom. The first-order valence-corrected chi connectivity index (χ1v) is 7.23. The Morgan fingerprint density at radius 1 is 1.32 bits per heavy atom. The van der Waals surface area contributed by atoms with Crippen LogP contribution in [0, 0.1) is 5.92 Å². The molecule has 1 aliphatic carbocycles. The van der Waals surface area contributed by atoms with E-state index in [9.17, 15) is 0 Å². The topological polar surface area (TPSA) is 38.5 Å². The van der Waals surface area contributed by atoms with Gasteiger partial charge in [-0.15, -0.1) is 0 Å². The predicted molar refractivity (Wildman–Crippen MR) is 79.4 cm³/mol. The van der Waals surface area contributed by atoms with Crippen LogP contribution >= 0.6 is 0 Å². The van der Waals surface area contributed by atoms with Crippen molar-refractivity contribution in [3.63, 3.8) is 0 Å². The first kappa shape index (κ1) is 14.4. The Kier molecular flexibility index (Phi) is 4.83. The molecule has 0 heterocycles. The average molecular weight is 262 g/mol. The number of ether oxygens (including phenoxy) is 1. The maximum atomic E-state index is 6.36. The Morgan fingerprint density at radius 3 is 2.63 bits per heavy atom. The summed E-state index contributed by atoms with van der Waals surface area (Å²) in [6, 6.07) is 8.94. The highest BCUT2D eigenvalue weighted by Gasteiger charge is 2.30. The van der Waals surface area contributed by atoms with Crippen LogP contribution in [0.1, 0.15) is 38.3 Å². The van der Waals surface area contributed by atoms with E-state index >= 15 is 0 Å². The summed E-state index contributed by atoms with van der Waals surface area (Å²) in [7, 11) is 1.69. The molecule has 0 amide bonds. The van der Waals surface area contributed by atoms with Crippen molar-refractivity contribution in [2.45, 2.75) is 38.8 Å². The first-order valence-electron chi connectivity index (χ1n) is 7.23. The molecule has 3 nitrogen and oxygen atoms in total. The van der Waals surface area contributed by atoms with Crippen molar-refractivity contribution in [3.8, 4) is 5.75 Å². The fraction of sp³-hybridized carbons (Fsp3) is 0.625. The third kappa shape index (κ3) is 4.22. The quantitative estimate of drug-likeness (QED) is 0.821. The lowest BCUT2D eigenvalue weighted by Crippen LogP contribution is -2.36. The maximum Gasteiger partial charge on any atom is 0.119 e. The number of nitrogens with two attached hydrogens (primary N) is 1. The molecule has 1 unspecified atom stereocenters. The molecule has 1 saturated carbocycles. The molecule has 1 aromatic rings. The van der Waals surface area contributed by atoms with Gasteiger partial charge >= 0.3 is 0 Å². The summed E-state index contributed by atoms with van der Waals surface area (Å²) in [6.45, 7) is 6.62. The van der Waals surface area contributed by atoms with E-state index in [0.29, 0.717) is 5.92 Å². The zero-order chi connectivity index (χ0) is 13.8. The predicted octanol–water partition coefficient (Wildman–Crippen LogP) is 2.82. The van der Waals surface area contributed by atoms with Gasteiger partial charge in [0.25, 0.3) is 0 Å². The Balaban J connectivity index is 1.99. The van der Waals surface area contributed by atoms with Gasteiger partial charge in [0.15, 0.2) is 0 Å². The van der Waals surface area contributed by atoms with Crippen LogP contribution in [0.3, 0.4) is 0 Å². The van der Waals surface area contributed by atoms with Crippen molar-refractivity contribution in [2.24, 2.45) is 11.7 Å². The molecule has 0 saturated heterocycles. The van der Waals surface area contributed by atoms with Crippen molar-refractivity contribution in [3.05, 3.63) is 29.8 Å². The fourth-order valence-electron chi connectivity index (χ4n) is 2.51. The summed E-state index contributed by atoms with van der Waals surface area (Å²) in [6.07, 6.45) is 2.66. The summed E-state index contributed by atoms with van der Waals surface area (Å²) >= 11 is 0. The van der Waals surface area contributed by atoms with Crippen LogP contribution in [0.15, 0.2) is 24.3 Å². The van der Waals surface area contributed by atoms with E-state index in [1.165, 1.54) is 12.8 Å².